The molecule has 0 bridgehead atoms. The Labute approximate surface area is 331 Å². The van der Waals surface area contributed by atoms with Gasteiger partial charge in [0.15, 0.2) is 5.78 Å². The molecule has 296 valence electrons. The molecule has 2 aliphatic heterocycles. The van der Waals surface area contributed by atoms with Gasteiger partial charge < -0.3 is 30.1 Å². The van der Waals surface area contributed by atoms with E-state index in [4.69, 9.17) is 10.5 Å². The number of likely N-dealkylation sites (N-methyl/N-ethyl adjacent to an activating group) is 2. The Morgan fingerprint density at radius 3 is 1.27 bits per heavy atom. The summed E-state index contributed by atoms with van der Waals surface area (Å²) < 4.78 is 4.75. The highest BCUT2D eigenvalue weighted by Gasteiger charge is 2.27. The number of hydrogen-bond donors (Lipinski definition) is 1. The fraction of sp³-hybridized carbons (Fsp3) is 0.364. The van der Waals surface area contributed by atoms with Crippen LogP contribution < -0.4 is 15.5 Å². The number of nitrogens with two attached hydrogens (primary N) is 1. The van der Waals surface area contributed by atoms with Crippen molar-refractivity contribution in [2.45, 2.75) is 26.9 Å². The van der Waals surface area contributed by atoms with Gasteiger partial charge in [-0.15, -0.1) is 0 Å². The number of esters is 1. The molecule has 0 aliphatic carbocycles. The number of carbonyl (C=O) groups excluding carboxylic acids is 4. The molecule has 12 heteroatoms. The number of urea groups is 2. The van der Waals surface area contributed by atoms with Gasteiger partial charge in [-0.2, -0.15) is 0 Å². The van der Waals surface area contributed by atoms with Crippen LogP contribution in [-0.2, 0) is 17.8 Å². The largest absolute Gasteiger partial charge is 0.465 e. The molecule has 2 saturated heterocycles. The first-order valence-electron chi connectivity index (χ1n) is 19.4. The Kier molecular flexibility index (Phi) is 15.6. The second-order valence-corrected chi connectivity index (χ2v) is 13.8. The number of anilines is 2. The summed E-state index contributed by atoms with van der Waals surface area (Å²) in [5, 5.41) is 0. The van der Waals surface area contributed by atoms with Crippen LogP contribution in [0.3, 0.4) is 0 Å². The molecule has 6 rings (SSSR count). The number of para-hydroxylation sites is 2. The quantitative estimate of drug-likeness (QED) is 0.150. The number of carbonyl (C=O) groups is 4. The number of Topliss-reactive ketones (excluding diaryl/α,β-unsaturated/α-hetero) is 1. The van der Waals surface area contributed by atoms with Gasteiger partial charge in [-0.25, -0.2) is 14.4 Å². The second kappa shape index (κ2) is 20.9. The van der Waals surface area contributed by atoms with E-state index in [0.717, 1.165) is 87.9 Å². The topological polar surface area (TPSA) is 123 Å². The highest BCUT2D eigenvalue weighted by molar-refractivity contribution is 5.97. The first kappa shape index (κ1) is 41.6. The van der Waals surface area contributed by atoms with E-state index in [1.165, 1.54) is 7.11 Å². The van der Waals surface area contributed by atoms with E-state index in [2.05, 4.69) is 23.6 Å². The Balaban J connectivity index is 0.000000214. The van der Waals surface area contributed by atoms with Gasteiger partial charge in [-0.05, 0) is 60.6 Å². The molecule has 0 atom stereocenters. The van der Waals surface area contributed by atoms with Crippen LogP contribution >= 0.6 is 0 Å². The van der Waals surface area contributed by atoms with Gasteiger partial charge in [0.2, 0.25) is 0 Å². The Hall–Kier alpha value is -5.56. The van der Waals surface area contributed by atoms with Crippen molar-refractivity contribution in [3.05, 3.63) is 131 Å². The number of methoxy groups -OCH3 is 1. The predicted octanol–water partition coefficient (Wildman–Crippen LogP) is 5.83. The molecule has 56 heavy (non-hydrogen) atoms. The molecule has 0 aromatic heterocycles. The van der Waals surface area contributed by atoms with Crippen molar-refractivity contribution in [1.82, 2.24) is 19.6 Å². The maximum Gasteiger partial charge on any atom is 0.337 e. The Morgan fingerprint density at radius 1 is 0.554 bits per heavy atom. The van der Waals surface area contributed by atoms with Crippen LogP contribution in [0.5, 0.6) is 0 Å². The summed E-state index contributed by atoms with van der Waals surface area (Å²) >= 11 is 0. The monoisotopic (exact) mass is 761 g/mol. The third-order valence-electron chi connectivity index (χ3n) is 10.3. The number of ketones is 1. The summed E-state index contributed by atoms with van der Waals surface area (Å²) in [7, 11) is 1.37. The van der Waals surface area contributed by atoms with Gasteiger partial charge in [0.1, 0.15) is 0 Å². The second-order valence-electron chi connectivity index (χ2n) is 13.8. The lowest BCUT2D eigenvalue weighted by molar-refractivity contribution is 0.0600. The van der Waals surface area contributed by atoms with Crippen molar-refractivity contribution in [2.24, 2.45) is 5.73 Å². The number of hydrogen-bond acceptors (Lipinski definition) is 8. The summed E-state index contributed by atoms with van der Waals surface area (Å²) in [6, 6.07) is 34.0. The Morgan fingerprint density at radius 2 is 0.929 bits per heavy atom. The third kappa shape index (κ3) is 11.2. The molecule has 0 spiro atoms. The van der Waals surface area contributed by atoms with Crippen LogP contribution in [0.1, 0.15) is 45.7 Å². The van der Waals surface area contributed by atoms with Gasteiger partial charge in [-0.1, -0.05) is 86.6 Å². The van der Waals surface area contributed by atoms with Gasteiger partial charge in [-0.3, -0.25) is 14.6 Å². The Bertz CT molecular complexity index is 1710. The fourth-order valence-electron chi connectivity index (χ4n) is 6.75. The number of benzene rings is 4. The van der Waals surface area contributed by atoms with E-state index >= 15 is 0 Å². The third-order valence-corrected chi connectivity index (χ3v) is 10.3. The molecule has 0 radical (unpaired) electrons. The highest BCUT2D eigenvalue weighted by atomic mass is 16.5. The lowest BCUT2D eigenvalue weighted by atomic mass is 10.1. The molecule has 2 heterocycles. The lowest BCUT2D eigenvalue weighted by Crippen LogP contribution is -2.52. The molecular weight excluding hydrogens is 707 g/mol. The average molecular weight is 762 g/mol. The molecule has 0 unspecified atom stereocenters. The van der Waals surface area contributed by atoms with Crippen molar-refractivity contribution in [1.29, 1.82) is 0 Å². The molecule has 4 amide bonds. The maximum atomic E-state index is 13.3. The normalized spacial score (nSPS) is 14.6. The van der Waals surface area contributed by atoms with E-state index in [0.29, 0.717) is 24.2 Å². The van der Waals surface area contributed by atoms with Crippen LogP contribution in [0.4, 0.5) is 21.0 Å². The molecule has 12 nitrogen and oxygen atoms in total. The fourth-order valence-corrected chi connectivity index (χ4v) is 6.75. The van der Waals surface area contributed by atoms with Crippen molar-refractivity contribution >= 4 is 35.2 Å². The van der Waals surface area contributed by atoms with Gasteiger partial charge >= 0.3 is 18.0 Å². The minimum atomic E-state index is -0.365. The van der Waals surface area contributed by atoms with E-state index in [1.807, 2.05) is 94.7 Å². The standard InChI is InChI=1S/C22H28N4O2.C22H27N3O3/c1-2-24-12-14-25(15-13-24)22(28)26(20-6-4-3-5-7-20)17-18-8-10-19(11-9-18)21(27)16-23;1-3-23-13-15-24(16-14-23)22(27)25(20-7-5-4-6-8-20)17-18-9-11-19(12-10-18)21(26)28-2/h3-11H,2,12-17,23H2,1H3;4-12H,3,13-17H2,1-2H3. The van der Waals surface area contributed by atoms with Crippen molar-refractivity contribution in [3.63, 3.8) is 0 Å². The van der Waals surface area contributed by atoms with Crippen LogP contribution in [-0.4, -0.2) is 123 Å². The highest BCUT2D eigenvalue weighted by Crippen LogP contribution is 2.22. The lowest BCUT2D eigenvalue weighted by Gasteiger charge is -2.37. The minimum absolute atomic E-state index is 0.00227. The van der Waals surface area contributed by atoms with Crippen LogP contribution in [0, 0.1) is 0 Å². The number of ether oxygens (including phenoxy) is 1. The van der Waals surface area contributed by atoms with Gasteiger partial charge in [0.25, 0.3) is 0 Å². The number of piperazine rings is 2. The van der Waals surface area contributed by atoms with E-state index in [9.17, 15) is 19.2 Å². The van der Waals surface area contributed by atoms with Crippen molar-refractivity contribution < 1.29 is 23.9 Å². The van der Waals surface area contributed by atoms with Crippen LogP contribution in [0.25, 0.3) is 0 Å². The maximum absolute atomic E-state index is 13.3. The molecule has 0 saturated carbocycles. The van der Waals surface area contributed by atoms with E-state index in [-0.39, 0.29) is 30.4 Å². The molecule has 2 aliphatic rings. The molecule has 4 aromatic rings. The summed E-state index contributed by atoms with van der Waals surface area (Å²) in [5.74, 6) is -0.451. The first-order chi connectivity index (χ1) is 27.2. The summed E-state index contributed by atoms with van der Waals surface area (Å²) in [6.45, 7) is 13.8. The molecular formula is C44H55N7O5. The van der Waals surface area contributed by atoms with Crippen LogP contribution in [0.2, 0.25) is 0 Å². The first-order valence-corrected chi connectivity index (χ1v) is 19.4. The van der Waals surface area contributed by atoms with E-state index < -0.39 is 0 Å². The number of amides is 4. The zero-order valence-corrected chi connectivity index (χ0v) is 32.9. The molecule has 2 N–H and O–H groups in total. The number of nitrogens with zero attached hydrogens (tertiary/aromatic N) is 6. The summed E-state index contributed by atoms with van der Waals surface area (Å²) in [6.07, 6.45) is 0. The van der Waals surface area contributed by atoms with Crippen LogP contribution in [0.15, 0.2) is 109 Å². The van der Waals surface area contributed by atoms with Gasteiger partial charge in [0, 0.05) is 69.3 Å². The minimum Gasteiger partial charge on any atom is -0.465 e. The smallest absolute Gasteiger partial charge is 0.337 e. The predicted molar refractivity (Wildman–Crippen MR) is 221 cm³/mol. The summed E-state index contributed by atoms with van der Waals surface area (Å²) in [4.78, 5) is 62.1. The van der Waals surface area contributed by atoms with Gasteiger partial charge in [0.05, 0.1) is 32.3 Å². The van der Waals surface area contributed by atoms with E-state index in [1.54, 1.807) is 34.1 Å². The zero-order chi connectivity index (χ0) is 39.9. The van der Waals surface area contributed by atoms with Crippen molar-refractivity contribution in [3.8, 4) is 0 Å². The number of rotatable bonds is 11. The average Bonchev–Trinajstić information content (AvgIpc) is 3.27. The summed E-state index contributed by atoms with van der Waals surface area (Å²) in [5.41, 5.74) is 10.2. The molecule has 4 aromatic carbocycles. The zero-order valence-electron chi connectivity index (χ0n) is 32.9. The SMILES string of the molecule is CCN1CCN(C(=O)N(Cc2ccc(C(=O)CN)cc2)c2ccccc2)CC1.CCN1CCN(C(=O)N(Cc2ccc(C(=O)OC)cc2)c2ccccc2)CC1. The van der Waals surface area contributed by atoms with Crippen molar-refractivity contribution in [2.75, 3.05) is 88.9 Å². The molecule has 2 fully saturated rings.